The first-order valence-corrected chi connectivity index (χ1v) is 22.3. The lowest BCUT2D eigenvalue weighted by molar-refractivity contribution is -0.157. The quantitative estimate of drug-likeness (QED) is 0.0553. The number of carbonyl (C=O) groups is 3. The number of likely N-dealkylation sites (tertiary alicyclic amines) is 1. The number of aromatic nitrogens is 2. The smallest absolute Gasteiger partial charge is 0.407 e. The molecule has 3 amide bonds. The largest absolute Gasteiger partial charge is 0.508 e. The van der Waals surface area contributed by atoms with Crippen molar-refractivity contribution in [2.45, 2.75) is 104 Å². The van der Waals surface area contributed by atoms with Crippen molar-refractivity contribution in [1.29, 1.82) is 5.41 Å². The van der Waals surface area contributed by atoms with E-state index < -0.39 is 41.6 Å². The molecule has 5 aliphatic rings. The Hall–Kier alpha value is -6.85. The summed E-state index contributed by atoms with van der Waals surface area (Å²) in [6, 6.07) is 11.3. The standard InChI is InChI=1S/C47H46FN7O9.C2H6/c1-21(2)27-10-29(37(57)13-36(27)56)42(49)55(45(50)61)24-6-4-23(5-7-24)16-53-19-47(20-53)14-25(15-47)64-46(62)52-33-9-8-26-22(3)32(48)12-34-38(26)39(33)30-17-54-35(40(30)51-34)11-28-31(43(54)59)18-63-44(60)41(28)58;1-2/h4-7,10-13,21,25,33,41,49,56-58H,8-9,14-20H2,1-3H3,(H2,50,61)(H,52,62);1-2H3. The molecule has 7 N–H and O–H groups in total. The van der Waals surface area contributed by atoms with Crippen molar-refractivity contribution in [2.75, 3.05) is 18.0 Å². The van der Waals surface area contributed by atoms with E-state index >= 15 is 4.39 Å². The fourth-order valence-corrected chi connectivity index (χ4v) is 10.6. The maximum Gasteiger partial charge on any atom is 0.407 e. The third kappa shape index (κ3) is 7.30. The fraction of sp³-hybridized carbons (Fsp3) is 0.388. The normalized spacial score (nSPS) is 18.8. The Balaban J connectivity index is 0.00000270. The molecule has 10 rings (SSSR count). The van der Waals surface area contributed by atoms with E-state index in [-0.39, 0.29) is 64.6 Å². The van der Waals surface area contributed by atoms with E-state index in [0.717, 1.165) is 46.1 Å². The van der Waals surface area contributed by atoms with Crippen LogP contribution >= 0.6 is 0 Å². The number of halogens is 1. The van der Waals surface area contributed by atoms with Crippen molar-refractivity contribution >= 4 is 40.5 Å². The molecule has 3 aromatic carbocycles. The minimum absolute atomic E-state index is 0.0224. The predicted octanol–water partition coefficient (Wildman–Crippen LogP) is 6.81. The number of nitrogens with zero attached hydrogens (tertiary/aromatic N) is 4. The van der Waals surface area contributed by atoms with Gasteiger partial charge in [-0.1, -0.05) is 39.8 Å². The molecule has 5 aromatic rings. The molecular weight excluding hydrogens is 850 g/mol. The second-order valence-corrected chi connectivity index (χ2v) is 18.2. The summed E-state index contributed by atoms with van der Waals surface area (Å²) in [7, 11) is 0. The molecule has 1 saturated heterocycles. The Morgan fingerprint density at radius 1 is 1.06 bits per heavy atom. The van der Waals surface area contributed by atoms with Crippen molar-refractivity contribution in [3.63, 3.8) is 0 Å². The topological polar surface area (TPSA) is 234 Å². The lowest BCUT2D eigenvalue weighted by Crippen LogP contribution is -2.63. The first kappa shape index (κ1) is 44.4. The van der Waals surface area contributed by atoms with E-state index in [1.807, 2.05) is 39.8 Å². The molecular formula is C49H52FN7O9. The predicted molar refractivity (Wildman–Crippen MR) is 242 cm³/mol. The van der Waals surface area contributed by atoms with Gasteiger partial charge in [-0.25, -0.2) is 28.7 Å². The number of hydrogen-bond acceptors (Lipinski definition) is 12. The van der Waals surface area contributed by atoms with E-state index in [1.165, 1.54) is 16.7 Å². The molecule has 0 bridgehead atoms. The van der Waals surface area contributed by atoms with Gasteiger partial charge in [-0.15, -0.1) is 0 Å². The highest BCUT2D eigenvalue weighted by molar-refractivity contribution is 6.22. The van der Waals surface area contributed by atoms with Gasteiger partial charge in [0, 0.05) is 53.7 Å². The summed E-state index contributed by atoms with van der Waals surface area (Å²) >= 11 is 0. The van der Waals surface area contributed by atoms with Crippen LogP contribution in [0.1, 0.15) is 115 Å². The number of aryl methyl sites for hydroxylation is 1. The maximum atomic E-state index is 15.3. The van der Waals surface area contributed by atoms with E-state index in [0.29, 0.717) is 71.5 Å². The number of hydrogen-bond donors (Lipinski definition) is 6. The van der Waals surface area contributed by atoms with Gasteiger partial charge in [0.2, 0.25) is 0 Å². The number of aromatic hydroxyl groups is 2. The molecule has 2 atom stereocenters. The number of amidine groups is 1. The third-order valence-corrected chi connectivity index (χ3v) is 13.7. The number of rotatable bonds is 7. The number of fused-ring (bicyclic) bond motifs is 5. The second-order valence-electron chi connectivity index (χ2n) is 18.2. The number of benzene rings is 3. The Labute approximate surface area is 379 Å². The minimum atomic E-state index is -1.62. The molecule has 1 saturated carbocycles. The Morgan fingerprint density at radius 3 is 2.45 bits per heavy atom. The van der Waals surface area contributed by atoms with Gasteiger partial charge in [0.05, 0.1) is 46.3 Å². The number of phenols is 2. The first-order chi connectivity index (χ1) is 31.5. The number of nitrogens with two attached hydrogens (primary N) is 1. The van der Waals surface area contributed by atoms with Gasteiger partial charge in [-0.3, -0.25) is 15.1 Å². The van der Waals surface area contributed by atoms with Gasteiger partial charge in [0.15, 0.2) is 6.10 Å². The zero-order chi connectivity index (χ0) is 47.1. The van der Waals surface area contributed by atoms with Crippen molar-refractivity contribution in [1.82, 2.24) is 19.8 Å². The molecule has 2 unspecified atom stereocenters. The molecule has 5 heterocycles. The van der Waals surface area contributed by atoms with Crippen LogP contribution in [0.4, 0.5) is 19.7 Å². The van der Waals surface area contributed by atoms with Crippen molar-refractivity contribution < 1.29 is 43.6 Å². The molecule has 0 radical (unpaired) electrons. The number of anilines is 1. The van der Waals surface area contributed by atoms with Crippen LogP contribution in [0.3, 0.4) is 0 Å². The van der Waals surface area contributed by atoms with Crippen molar-refractivity contribution in [3.8, 4) is 22.9 Å². The number of urea groups is 1. The minimum Gasteiger partial charge on any atom is -0.508 e. The van der Waals surface area contributed by atoms with Crippen LogP contribution in [-0.4, -0.2) is 72.9 Å². The highest BCUT2D eigenvalue weighted by atomic mass is 19.1. The van der Waals surface area contributed by atoms with E-state index in [2.05, 4.69) is 10.2 Å². The molecule has 66 heavy (non-hydrogen) atoms. The molecule has 17 heteroatoms. The van der Waals surface area contributed by atoms with Crippen LogP contribution in [-0.2, 0) is 40.4 Å². The number of carbonyl (C=O) groups excluding carboxylic acids is 3. The Kier molecular flexibility index (Phi) is 11.1. The monoisotopic (exact) mass is 901 g/mol. The van der Waals surface area contributed by atoms with Gasteiger partial charge in [0.1, 0.15) is 35.9 Å². The summed E-state index contributed by atoms with van der Waals surface area (Å²) in [6.45, 7) is 11.6. The molecule has 16 nitrogen and oxygen atoms in total. The maximum absolute atomic E-state index is 15.3. The number of pyridine rings is 2. The summed E-state index contributed by atoms with van der Waals surface area (Å²) in [4.78, 5) is 60.2. The van der Waals surface area contributed by atoms with Crippen molar-refractivity contribution in [2.24, 2.45) is 11.1 Å². The number of primary amides is 1. The molecule has 2 aliphatic carbocycles. The number of aliphatic hydroxyl groups is 1. The average molecular weight is 902 g/mol. The average Bonchev–Trinajstić information content (AvgIpc) is 3.62. The van der Waals surface area contributed by atoms with E-state index in [1.54, 1.807) is 25.1 Å². The SMILES string of the molecule is CC.Cc1c(F)cc2nc3c(c4c2c1CCC4NC(=O)OC1CC2(C1)CN(Cc1ccc(N(C(=N)c4cc(C(C)C)c(O)cc4O)C(N)=O)cc1)C2)Cn1c-3cc2c(c1=O)COC(=O)C2O. The van der Waals surface area contributed by atoms with Gasteiger partial charge in [-0.05, 0) is 90.6 Å². The molecule has 344 valence electrons. The van der Waals surface area contributed by atoms with Gasteiger partial charge < -0.3 is 40.4 Å². The number of esters is 1. The third-order valence-electron chi connectivity index (χ3n) is 13.7. The Bertz CT molecular complexity index is 2940. The van der Waals surface area contributed by atoms with Gasteiger partial charge >= 0.3 is 18.1 Å². The lowest BCUT2D eigenvalue weighted by atomic mass is 9.61. The summed E-state index contributed by atoms with van der Waals surface area (Å²) < 4.78 is 27.8. The summed E-state index contributed by atoms with van der Waals surface area (Å²) in [5.41, 5.74) is 11.5. The highest BCUT2D eigenvalue weighted by Gasteiger charge is 2.53. The number of phenolic OH excluding ortho intramolecular Hbond substituents is 2. The van der Waals surface area contributed by atoms with Crippen LogP contribution in [0.15, 0.2) is 53.3 Å². The fourth-order valence-electron chi connectivity index (χ4n) is 10.6. The summed E-state index contributed by atoms with van der Waals surface area (Å²) in [6.07, 6.45) is -0.0895. The number of alkyl carbamates (subject to hydrolysis) is 1. The lowest BCUT2D eigenvalue weighted by Gasteiger charge is -2.58. The van der Waals surface area contributed by atoms with Crippen LogP contribution in [0, 0.1) is 23.6 Å². The summed E-state index contributed by atoms with van der Waals surface area (Å²) in [5, 5.41) is 44.0. The number of amides is 3. The Morgan fingerprint density at radius 2 is 1.77 bits per heavy atom. The van der Waals surface area contributed by atoms with Crippen LogP contribution in [0.2, 0.25) is 0 Å². The van der Waals surface area contributed by atoms with Gasteiger partial charge in [0.25, 0.3) is 5.56 Å². The highest BCUT2D eigenvalue weighted by Crippen LogP contribution is 2.51. The van der Waals surface area contributed by atoms with E-state index in [4.69, 9.17) is 25.6 Å². The molecule has 3 aliphatic heterocycles. The molecule has 2 aromatic heterocycles. The number of nitrogens with one attached hydrogen (secondary N) is 2. The number of ether oxygens (including phenoxy) is 2. The molecule has 1 spiro atoms. The van der Waals surface area contributed by atoms with Crippen LogP contribution in [0.5, 0.6) is 11.5 Å². The van der Waals surface area contributed by atoms with Crippen LogP contribution < -0.4 is 21.5 Å². The van der Waals surface area contributed by atoms with Crippen LogP contribution in [0.25, 0.3) is 22.3 Å². The summed E-state index contributed by atoms with van der Waals surface area (Å²) in [5.74, 6) is -2.12. The molecule has 2 fully saturated rings. The van der Waals surface area contributed by atoms with Crippen molar-refractivity contribution in [3.05, 3.63) is 115 Å². The van der Waals surface area contributed by atoms with Gasteiger partial charge in [-0.2, -0.15) is 0 Å². The zero-order valence-electron chi connectivity index (χ0n) is 37.3. The van der Waals surface area contributed by atoms with E-state index in [9.17, 15) is 34.5 Å². The number of aliphatic hydroxyl groups excluding tert-OH is 1. The number of cyclic esters (lactones) is 1. The first-order valence-electron chi connectivity index (χ1n) is 22.3. The second kappa shape index (κ2) is 16.5. The zero-order valence-corrected chi connectivity index (χ0v) is 37.3.